The van der Waals surface area contributed by atoms with E-state index in [1.54, 1.807) is 6.07 Å². The van der Waals surface area contributed by atoms with Gasteiger partial charge >= 0.3 is 0 Å². The number of pyridine rings is 1. The van der Waals surface area contributed by atoms with Crippen LogP contribution < -0.4 is 0 Å². The lowest BCUT2D eigenvalue weighted by Crippen LogP contribution is -2.38. The fraction of sp³-hybridized carbons (Fsp3) is 0.294. The first-order valence-electron chi connectivity index (χ1n) is 8.21. The second-order valence-electron chi connectivity index (χ2n) is 6.24. The molecular weight excluding hydrogens is 395 g/mol. The largest absolute Gasteiger partial charge is 0.286 e. The van der Waals surface area contributed by atoms with Crippen molar-refractivity contribution in [3.05, 3.63) is 58.5 Å². The summed E-state index contributed by atoms with van der Waals surface area (Å²) in [6.45, 7) is 0.801. The fourth-order valence-corrected chi connectivity index (χ4v) is 5.51. The molecule has 1 saturated heterocycles. The van der Waals surface area contributed by atoms with Crippen LogP contribution in [0.25, 0.3) is 5.65 Å². The number of nitrogens with zero attached hydrogens (tertiary/aromatic N) is 4. The van der Waals surface area contributed by atoms with Crippen LogP contribution in [0.15, 0.2) is 47.5 Å². The molecule has 136 valence electrons. The Morgan fingerprint density at radius 2 is 1.81 bits per heavy atom. The average molecular weight is 411 g/mol. The number of aromatic nitrogens is 3. The minimum Gasteiger partial charge on any atom is -0.286 e. The van der Waals surface area contributed by atoms with E-state index >= 15 is 0 Å². The van der Waals surface area contributed by atoms with Crippen LogP contribution >= 0.6 is 23.2 Å². The van der Waals surface area contributed by atoms with Gasteiger partial charge in [-0.3, -0.25) is 4.40 Å². The Balaban J connectivity index is 1.55. The summed E-state index contributed by atoms with van der Waals surface area (Å²) < 4.78 is 29.3. The monoisotopic (exact) mass is 410 g/mol. The smallest absolute Gasteiger partial charge is 0.244 e. The van der Waals surface area contributed by atoms with Gasteiger partial charge in [0.05, 0.1) is 5.02 Å². The van der Waals surface area contributed by atoms with Gasteiger partial charge in [-0.05, 0) is 43.2 Å². The van der Waals surface area contributed by atoms with E-state index in [0.717, 1.165) is 11.5 Å². The molecule has 26 heavy (non-hydrogen) atoms. The third-order valence-electron chi connectivity index (χ3n) is 4.67. The number of piperidine rings is 1. The molecule has 2 aromatic heterocycles. The number of halogens is 2. The van der Waals surface area contributed by atoms with Gasteiger partial charge in [0.25, 0.3) is 0 Å². The molecule has 0 saturated carbocycles. The normalized spacial score (nSPS) is 17.0. The van der Waals surface area contributed by atoms with Gasteiger partial charge in [-0.25, -0.2) is 8.42 Å². The highest BCUT2D eigenvalue weighted by Gasteiger charge is 2.32. The van der Waals surface area contributed by atoms with Gasteiger partial charge in [-0.2, -0.15) is 4.31 Å². The summed E-state index contributed by atoms with van der Waals surface area (Å²) in [6, 6.07) is 10.2. The lowest BCUT2D eigenvalue weighted by molar-refractivity contribution is 0.312. The van der Waals surface area contributed by atoms with Crippen molar-refractivity contribution < 1.29 is 8.42 Å². The molecule has 0 unspecified atom stereocenters. The number of hydrogen-bond donors (Lipinski definition) is 0. The molecule has 1 aromatic carbocycles. The Bertz CT molecular complexity index is 1060. The Kier molecular flexibility index (Phi) is 4.64. The number of fused-ring (bicyclic) bond motifs is 1. The van der Waals surface area contributed by atoms with Crippen LogP contribution in [0.5, 0.6) is 0 Å². The summed E-state index contributed by atoms with van der Waals surface area (Å²) in [5, 5.41) is 9.00. The van der Waals surface area contributed by atoms with Crippen molar-refractivity contribution in [2.75, 3.05) is 13.1 Å². The Labute approximate surface area is 161 Å². The minimum atomic E-state index is -3.68. The molecule has 0 amide bonds. The lowest BCUT2D eigenvalue weighted by atomic mass is 9.97. The first kappa shape index (κ1) is 17.7. The molecule has 0 aliphatic carbocycles. The Hall–Kier alpha value is -1.67. The van der Waals surface area contributed by atoms with E-state index in [0.29, 0.717) is 31.0 Å². The van der Waals surface area contributed by atoms with Crippen molar-refractivity contribution in [1.29, 1.82) is 0 Å². The second kappa shape index (κ2) is 6.81. The van der Waals surface area contributed by atoms with Crippen molar-refractivity contribution in [1.82, 2.24) is 18.9 Å². The Morgan fingerprint density at radius 3 is 2.58 bits per heavy atom. The zero-order valence-corrected chi connectivity index (χ0v) is 16.0. The molecule has 0 radical (unpaired) electrons. The summed E-state index contributed by atoms with van der Waals surface area (Å²) in [5.41, 5.74) is 0.795. The molecular formula is C17H16Cl2N4O2S. The zero-order valence-electron chi connectivity index (χ0n) is 13.7. The fourth-order valence-electron chi connectivity index (χ4n) is 3.31. The highest BCUT2D eigenvalue weighted by atomic mass is 35.5. The maximum absolute atomic E-state index is 12.9. The van der Waals surface area contributed by atoms with Crippen LogP contribution in [0.3, 0.4) is 0 Å². The standard InChI is InChI=1S/C17H16Cl2N4O2S/c18-13-4-5-14(19)15(11-13)26(24,25)22-9-6-12(7-10-22)17-21-20-16-3-1-2-8-23(16)17/h1-5,8,11-12H,6-7,9-10H2. The van der Waals surface area contributed by atoms with E-state index in [9.17, 15) is 8.42 Å². The highest BCUT2D eigenvalue weighted by molar-refractivity contribution is 7.89. The van der Waals surface area contributed by atoms with Crippen molar-refractivity contribution >= 4 is 38.9 Å². The SMILES string of the molecule is O=S(=O)(c1cc(Cl)ccc1Cl)N1CCC(c2nnc3ccccn23)CC1. The van der Waals surface area contributed by atoms with Crippen LogP contribution in [0, 0.1) is 0 Å². The third kappa shape index (κ3) is 3.09. The summed E-state index contributed by atoms with van der Waals surface area (Å²) in [7, 11) is -3.68. The molecule has 3 heterocycles. The topological polar surface area (TPSA) is 67.6 Å². The van der Waals surface area contributed by atoms with Crippen molar-refractivity contribution in [3.8, 4) is 0 Å². The van der Waals surface area contributed by atoms with Crippen LogP contribution in [0.1, 0.15) is 24.6 Å². The van der Waals surface area contributed by atoms with Gasteiger partial charge in [-0.1, -0.05) is 29.3 Å². The van der Waals surface area contributed by atoms with Gasteiger partial charge in [-0.15, -0.1) is 10.2 Å². The molecule has 0 atom stereocenters. The maximum Gasteiger partial charge on any atom is 0.244 e. The van der Waals surface area contributed by atoms with E-state index in [1.165, 1.54) is 16.4 Å². The zero-order chi connectivity index (χ0) is 18.3. The number of sulfonamides is 1. The lowest BCUT2D eigenvalue weighted by Gasteiger charge is -2.30. The first-order valence-corrected chi connectivity index (χ1v) is 10.4. The summed E-state index contributed by atoms with van der Waals surface area (Å²) >= 11 is 12.0. The first-order chi connectivity index (χ1) is 12.5. The van der Waals surface area contributed by atoms with Crippen LogP contribution in [-0.4, -0.2) is 40.4 Å². The van der Waals surface area contributed by atoms with Crippen molar-refractivity contribution in [2.24, 2.45) is 0 Å². The second-order valence-corrected chi connectivity index (χ2v) is 8.99. The van der Waals surface area contributed by atoms with E-state index in [4.69, 9.17) is 23.2 Å². The molecule has 1 fully saturated rings. The molecule has 1 aliphatic heterocycles. The average Bonchev–Trinajstić information content (AvgIpc) is 3.08. The third-order valence-corrected chi connectivity index (χ3v) is 7.29. The van der Waals surface area contributed by atoms with E-state index in [1.807, 2.05) is 28.8 Å². The van der Waals surface area contributed by atoms with Gasteiger partial charge < -0.3 is 0 Å². The van der Waals surface area contributed by atoms with Crippen LogP contribution in [-0.2, 0) is 10.0 Å². The van der Waals surface area contributed by atoms with Gasteiger partial charge in [0.1, 0.15) is 10.7 Å². The van der Waals surface area contributed by atoms with Crippen LogP contribution in [0.2, 0.25) is 10.0 Å². The summed E-state index contributed by atoms with van der Waals surface area (Å²) in [5.74, 6) is 1.03. The molecule has 4 rings (SSSR count). The molecule has 6 nitrogen and oxygen atoms in total. The molecule has 3 aromatic rings. The number of rotatable bonds is 3. The van der Waals surface area contributed by atoms with Crippen LogP contribution in [0.4, 0.5) is 0 Å². The molecule has 0 spiro atoms. The molecule has 9 heteroatoms. The van der Waals surface area contributed by atoms with E-state index in [-0.39, 0.29) is 15.8 Å². The molecule has 1 aliphatic rings. The minimum absolute atomic E-state index is 0.0537. The van der Waals surface area contributed by atoms with E-state index in [2.05, 4.69) is 10.2 Å². The Morgan fingerprint density at radius 1 is 1.04 bits per heavy atom. The summed E-state index contributed by atoms with van der Waals surface area (Å²) in [6.07, 6.45) is 3.28. The molecule has 0 bridgehead atoms. The number of benzene rings is 1. The maximum atomic E-state index is 12.9. The predicted octanol–water partition coefficient (Wildman–Crippen LogP) is 3.60. The van der Waals surface area contributed by atoms with Crippen molar-refractivity contribution in [3.63, 3.8) is 0 Å². The quantitative estimate of drug-likeness (QED) is 0.661. The number of hydrogen-bond acceptors (Lipinski definition) is 4. The predicted molar refractivity (Wildman–Crippen MR) is 100 cm³/mol. The molecule has 0 N–H and O–H groups in total. The van der Waals surface area contributed by atoms with Gasteiger partial charge in [0, 0.05) is 30.2 Å². The van der Waals surface area contributed by atoms with Gasteiger partial charge in [0.2, 0.25) is 10.0 Å². The van der Waals surface area contributed by atoms with Crippen molar-refractivity contribution in [2.45, 2.75) is 23.7 Å². The van der Waals surface area contributed by atoms with E-state index < -0.39 is 10.0 Å². The summed E-state index contributed by atoms with van der Waals surface area (Å²) in [4.78, 5) is 0.0537. The van der Waals surface area contributed by atoms with Gasteiger partial charge in [0.15, 0.2) is 5.65 Å². The highest BCUT2D eigenvalue weighted by Crippen LogP contribution is 2.33.